The van der Waals surface area contributed by atoms with E-state index in [0.29, 0.717) is 24.4 Å². The summed E-state index contributed by atoms with van der Waals surface area (Å²) in [7, 11) is -3.11. The van der Waals surface area contributed by atoms with Crippen molar-refractivity contribution in [2.24, 2.45) is 4.99 Å². The fourth-order valence-corrected chi connectivity index (χ4v) is 6.44. The molecular weight excluding hydrogens is 368 g/mol. The molecule has 0 aromatic heterocycles. The van der Waals surface area contributed by atoms with Gasteiger partial charge in [0, 0.05) is 49.8 Å². The van der Waals surface area contributed by atoms with Gasteiger partial charge in [0.2, 0.25) is 10.0 Å². The van der Waals surface area contributed by atoms with Gasteiger partial charge in [-0.25, -0.2) is 12.7 Å². The zero-order valence-corrected chi connectivity index (χ0v) is 18.3. The van der Waals surface area contributed by atoms with Gasteiger partial charge >= 0.3 is 0 Å². The Morgan fingerprint density at radius 3 is 2.62 bits per heavy atom. The molecule has 152 valence electrons. The molecule has 0 atom stereocenters. The second-order valence-corrected chi connectivity index (χ2v) is 10.9. The van der Waals surface area contributed by atoms with E-state index in [-0.39, 0.29) is 0 Å². The molecule has 1 aliphatic heterocycles. The van der Waals surface area contributed by atoms with Crippen LogP contribution in [0.2, 0.25) is 0 Å². The topological polar surface area (TPSA) is 65.0 Å². The lowest BCUT2D eigenvalue weighted by Gasteiger charge is -2.45. The fraction of sp³-hybridized carbons (Fsp3) is 0.944. The van der Waals surface area contributed by atoms with Crippen molar-refractivity contribution in [2.45, 2.75) is 57.1 Å². The van der Waals surface area contributed by atoms with Crippen LogP contribution >= 0.6 is 11.8 Å². The van der Waals surface area contributed by atoms with Gasteiger partial charge in [-0.3, -0.25) is 4.99 Å². The number of nitrogens with one attached hydrogen (secondary N) is 1. The highest BCUT2D eigenvalue weighted by Crippen LogP contribution is 2.42. The molecule has 1 spiro atoms. The van der Waals surface area contributed by atoms with Crippen LogP contribution in [-0.4, -0.2) is 79.6 Å². The number of sulfonamides is 1. The SMILES string of the molecule is CCNC(=NCCCN(CC)S(C)(=O)=O)N1CCSC2(CCCCC2)C1. The average molecular weight is 405 g/mol. The summed E-state index contributed by atoms with van der Waals surface area (Å²) in [5.74, 6) is 2.17. The maximum Gasteiger partial charge on any atom is 0.211 e. The molecule has 0 amide bonds. The van der Waals surface area contributed by atoms with E-state index in [1.807, 2.05) is 6.92 Å². The van der Waals surface area contributed by atoms with Gasteiger partial charge < -0.3 is 10.2 Å². The van der Waals surface area contributed by atoms with Gasteiger partial charge in [0.05, 0.1) is 6.26 Å². The number of hydrogen-bond acceptors (Lipinski definition) is 4. The Balaban J connectivity index is 1.93. The summed E-state index contributed by atoms with van der Waals surface area (Å²) < 4.78 is 25.3. The molecule has 2 rings (SSSR count). The van der Waals surface area contributed by atoms with E-state index in [9.17, 15) is 8.42 Å². The van der Waals surface area contributed by atoms with Crippen LogP contribution in [-0.2, 0) is 10.0 Å². The van der Waals surface area contributed by atoms with Crippen molar-refractivity contribution in [1.82, 2.24) is 14.5 Å². The second-order valence-electron chi connectivity index (χ2n) is 7.36. The standard InChI is InChI=1S/C18H36N4O2S2/c1-4-19-17(20-12-9-13-22(5-2)26(3,23)24)21-14-15-25-18(16-21)10-7-6-8-11-18/h4-16H2,1-3H3,(H,19,20). The number of hydrogen-bond donors (Lipinski definition) is 1. The van der Waals surface area contributed by atoms with Gasteiger partial charge in [0.15, 0.2) is 5.96 Å². The molecule has 1 aliphatic carbocycles. The van der Waals surface area contributed by atoms with Crippen molar-refractivity contribution in [3.8, 4) is 0 Å². The van der Waals surface area contributed by atoms with E-state index in [1.54, 1.807) is 0 Å². The minimum atomic E-state index is -3.11. The van der Waals surface area contributed by atoms with Gasteiger partial charge in [-0.15, -0.1) is 0 Å². The third-order valence-electron chi connectivity index (χ3n) is 5.30. The second kappa shape index (κ2) is 10.2. The summed E-state index contributed by atoms with van der Waals surface area (Å²) >= 11 is 2.17. The van der Waals surface area contributed by atoms with Gasteiger partial charge in [-0.05, 0) is 26.2 Å². The zero-order chi connectivity index (χ0) is 19.0. The van der Waals surface area contributed by atoms with E-state index >= 15 is 0 Å². The van der Waals surface area contributed by atoms with Crippen LogP contribution in [0.4, 0.5) is 0 Å². The minimum absolute atomic E-state index is 0.419. The Bertz CT molecular complexity index is 554. The van der Waals surface area contributed by atoms with Crippen molar-refractivity contribution < 1.29 is 8.42 Å². The highest BCUT2D eigenvalue weighted by molar-refractivity contribution is 8.00. The van der Waals surface area contributed by atoms with Gasteiger partial charge in [0.1, 0.15) is 0 Å². The van der Waals surface area contributed by atoms with E-state index in [2.05, 4.69) is 28.9 Å². The molecule has 8 heteroatoms. The van der Waals surface area contributed by atoms with Crippen LogP contribution in [0.25, 0.3) is 0 Å². The predicted octanol–water partition coefficient (Wildman–Crippen LogP) is 2.38. The number of rotatable bonds is 7. The number of aliphatic imine (C=N–C) groups is 1. The van der Waals surface area contributed by atoms with Crippen LogP contribution in [0.5, 0.6) is 0 Å². The normalized spacial score (nSPS) is 21.4. The maximum absolute atomic E-state index is 11.7. The first-order valence-electron chi connectivity index (χ1n) is 10.0. The van der Waals surface area contributed by atoms with Crippen molar-refractivity contribution in [2.75, 3.05) is 51.3 Å². The summed E-state index contributed by atoms with van der Waals surface area (Å²) in [5, 5.41) is 3.44. The van der Waals surface area contributed by atoms with Gasteiger partial charge in [-0.1, -0.05) is 26.2 Å². The quantitative estimate of drug-likeness (QED) is 0.401. The van der Waals surface area contributed by atoms with Crippen molar-refractivity contribution in [1.29, 1.82) is 0 Å². The molecule has 0 unspecified atom stereocenters. The first kappa shape index (κ1) is 21.8. The largest absolute Gasteiger partial charge is 0.357 e. The fourth-order valence-electron chi connectivity index (χ4n) is 3.94. The van der Waals surface area contributed by atoms with Crippen LogP contribution in [0.15, 0.2) is 4.99 Å². The van der Waals surface area contributed by atoms with Crippen LogP contribution in [0.1, 0.15) is 52.4 Å². The van der Waals surface area contributed by atoms with Crippen molar-refractivity contribution >= 4 is 27.7 Å². The van der Waals surface area contributed by atoms with E-state index in [0.717, 1.165) is 32.0 Å². The summed E-state index contributed by atoms with van der Waals surface area (Å²) in [4.78, 5) is 7.23. The lowest BCUT2D eigenvalue weighted by Crippen LogP contribution is -2.53. The van der Waals surface area contributed by atoms with Crippen LogP contribution in [0.3, 0.4) is 0 Å². The first-order valence-corrected chi connectivity index (χ1v) is 12.9. The Kier molecular flexibility index (Phi) is 8.54. The molecule has 1 saturated heterocycles. The predicted molar refractivity (Wildman–Crippen MR) is 113 cm³/mol. The summed E-state index contributed by atoms with van der Waals surface area (Å²) in [6.45, 7) is 8.70. The first-order chi connectivity index (χ1) is 12.4. The molecule has 1 saturated carbocycles. The van der Waals surface area contributed by atoms with E-state index in [4.69, 9.17) is 4.99 Å². The van der Waals surface area contributed by atoms with Gasteiger partial charge in [0.25, 0.3) is 0 Å². The summed E-state index contributed by atoms with van der Waals surface area (Å²) in [6.07, 6.45) is 8.77. The van der Waals surface area contributed by atoms with E-state index in [1.165, 1.54) is 48.4 Å². The molecule has 1 N–H and O–H groups in total. The molecule has 0 bridgehead atoms. The van der Waals surface area contributed by atoms with Crippen molar-refractivity contribution in [3.63, 3.8) is 0 Å². The monoisotopic (exact) mass is 404 g/mol. The smallest absolute Gasteiger partial charge is 0.211 e. The summed E-state index contributed by atoms with van der Waals surface area (Å²) in [6, 6.07) is 0. The molecule has 26 heavy (non-hydrogen) atoms. The number of nitrogens with zero attached hydrogens (tertiary/aromatic N) is 3. The Morgan fingerprint density at radius 1 is 1.27 bits per heavy atom. The lowest BCUT2D eigenvalue weighted by atomic mass is 9.87. The highest BCUT2D eigenvalue weighted by Gasteiger charge is 2.38. The third kappa shape index (κ3) is 6.30. The average Bonchev–Trinajstić information content (AvgIpc) is 2.60. The maximum atomic E-state index is 11.7. The molecule has 0 aromatic carbocycles. The Hall–Kier alpha value is -0.470. The lowest BCUT2D eigenvalue weighted by molar-refractivity contribution is 0.293. The highest BCUT2D eigenvalue weighted by atomic mass is 32.2. The molecule has 1 heterocycles. The Morgan fingerprint density at radius 2 is 2.00 bits per heavy atom. The molecule has 0 aromatic rings. The number of guanidine groups is 1. The Labute approximate surface area is 164 Å². The molecule has 6 nitrogen and oxygen atoms in total. The molecule has 2 fully saturated rings. The van der Waals surface area contributed by atoms with Crippen molar-refractivity contribution in [3.05, 3.63) is 0 Å². The van der Waals surface area contributed by atoms with Crippen LogP contribution < -0.4 is 5.32 Å². The van der Waals surface area contributed by atoms with E-state index < -0.39 is 10.0 Å². The van der Waals surface area contributed by atoms with Gasteiger partial charge in [-0.2, -0.15) is 11.8 Å². The van der Waals surface area contributed by atoms with Crippen LogP contribution in [0, 0.1) is 0 Å². The molecule has 0 radical (unpaired) electrons. The number of thioether (sulfide) groups is 1. The zero-order valence-electron chi connectivity index (χ0n) is 16.7. The molecule has 2 aliphatic rings. The minimum Gasteiger partial charge on any atom is -0.357 e. The molecular formula is C18H36N4O2S2. The third-order valence-corrected chi connectivity index (χ3v) is 8.21. The summed E-state index contributed by atoms with van der Waals surface area (Å²) in [5.41, 5.74) is 0.